The number of rotatable bonds is 3. The van der Waals surface area contributed by atoms with Crippen LogP contribution in [0.15, 0.2) is 50.1 Å². The first-order valence-electron chi connectivity index (χ1n) is 6.96. The van der Waals surface area contributed by atoms with E-state index in [1.54, 1.807) is 18.2 Å². The highest BCUT2D eigenvalue weighted by molar-refractivity contribution is 9.11. The summed E-state index contributed by atoms with van der Waals surface area (Å²) in [5.74, 6) is -0.579. The van der Waals surface area contributed by atoms with E-state index < -0.39 is 11.2 Å². The highest BCUT2D eigenvalue weighted by Crippen LogP contribution is 2.30. The Hall–Kier alpha value is -1.99. The average Bonchev–Trinajstić information content (AvgIpc) is 2.50. The summed E-state index contributed by atoms with van der Waals surface area (Å²) in [6.07, 6.45) is 0. The van der Waals surface area contributed by atoms with Crippen LogP contribution in [0.4, 0.5) is 15.9 Å². The van der Waals surface area contributed by atoms with Gasteiger partial charge in [-0.2, -0.15) is 0 Å². The van der Waals surface area contributed by atoms with Crippen LogP contribution in [0.25, 0.3) is 10.9 Å². The molecule has 0 spiro atoms. The third-order valence-electron chi connectivity index (χ3n) is 3.50. The molecule has 0 aliphatic heterocycles. The van der Waals surface area contributed by atoms with Crippen LogP contribution < -0.4 is 10.7 Å². The number of aromatic amines is 1. The topological polar surface area (TPSA) is 62.0 Å². The Bertz CT molecular complexity index is 1030. The van der Waals surface area contributed by atoms with E-state index in [0.29, 0.717) is 25.5 Å². The van der Waals surface area contributed by atoms with Gasteiger partial charge in [-0.15, -0.1) is 0 Å². The largest absolute Gasteiger partial charge is 0.341 e. The van der Waals surface area contributed by atoms with Crippen LogP contribution in [0.3, 0.4) is 0 Å². The number of fused-ring (bicyclic) bond motifs is 1. The number of aromatic nitrogens is 1. The van der Waals surface area contributed by atoms with Gasteiger partial charge in [-0.05, 0) is 69.1 Å². The second kappa shape index (κ2) is 6.49. The number of hydrogen-bond acceptors (Lipinski definition) is 3. The van der Waals surface area contributed by atoms with E-state index in [2.05, 4.69) is 42.2 Å². The van der Waals surface area contributed by atoms with Crippen molar-refractivity contribution in [1.29, 1.82) is 0 Å². The molecule has 24 heavy (non-hydrogen) atoms. The SMILES string of the molecule is CC(=O)c1c(Nc2cccc(F)c2)[nH]c2c(Br)ccc(Br)c2c1=O. The van der Waals surface area contributed by atoms with Crippen molar-refractivity contribution in [1.82, 2.24) is 4.98 Å². The van der Waals surface area contributed by atoms with Crippen LogP contribution in [-0.2, 0) is 0 Å². The molecule has 0 fully saturated rings. The summed E-state index contributed by atoms with van der Waals surface area (Å²) in [5, 5.41) is 3.30. The van der Waals surface area contributed by atoms with Gasteiger partial charge in [-0.25, -0.2) is 4.39 Å². The molecule has 3 rings (SSSR count). The van der Waals surface area contributed by atoms with Gasteiger partial charge in [0.25, 0.3) is 0 Å². The minimum atomic E-state index is -0.420. The van der Waals surface area contributed by atoms with Gasteiger partial charge in [0.15, 0.2) is 5.78 Å². The molecule has 2 N–H and O–H groups in total. The fourth-order valence-corrected chi connectivity index (χ4v) is 3.40. The van der Waals surface area contributed by atoms with Crippen molar-refractivity contribution >= 4 is 60.1 Å². The second-order valence-corrected chi connectivity index (χ2v) is 6.88. The maximum absolute atomic E-state index is 13.4. The predicted octanol–water partition coefficient (Wildman–Crippen LogP) is 5.14. The van der Waals surface area contributed by atoms with Crippen LogP contribution in [-0.4, -0.2) is 10.8 Å². The van der Waals surface area contributed by atoms with Gasteiger partial charge in [0.2, 0.25) is 5.43 Å². The Morgan fingerprint density at radius 1 is 1.17 bits per heavy atom. The molecule has 7 heteroatoms. The number of Topliss-reactive ketones (excluding diaryl/α,β-unsaturated/α-hetero) is 1. The summed E-state index contributed by atoms with van der Waals surface area (Å²) >= 11 is 6.74. The summed E-state index contributed by atoms with van der Waals surface area (Å²) in [5.41, 5.74) is 0.561. The number of H-pyrrole nitrogens is 1. The molecule has 0 saturated carbocycles. The van der Waals surface area contributed by atoms with Crippen molar-refractivity contribution in [2.24, 2.45) is 0 Å². The standard InChI is InChI=1S/C17H11Br2FN2O2/c1-8(23)13-16(24)14-11(18)5-6-12(19)15(14)22-17(13)21-10-4-2-3-9(20)7-10/h2-7H,1H3,(H2,21,22,24). The summed E-state index contributed by atoms with van der Waals surface area (Å²) in [7, 11) is 0. The van der Waals surface area contributed by atoms with Crippen LogP contribution in [0.5, 0.6) is 0 Å². The highest BCUT2D eigenvalue weighted by Gasteiger charge is 2.19. The molecule has 0 bridgehead atoms. The van der Waals surface area contributed by atoms with E-state index in [4.69, 9.17) is 0 Å². The van der Waals surface area contributed by atoms with Crippen molar-refractivity contribution < 1.29 is 9.18 Å². The number of carbonyl (C=O) groups excluding carboxylic acids is 1. The number of hydrogen-bond donors (Lipinski definition) is 2. The summed E-state index contributed by atoms with van der Waals surface area (Å²) in [4.78, 5) is 27.9. The second-order valence-electron chi connectivity index (χ2n) is 5.17. The molecule has 0 amide bonds. The minimum Gasteiger partial charge on any atom is -0.341 e. The maximum Gasteiger partial charge on any atom is 0.203 e. The minimum absolute atomic E-state index is 0.00874. The van der Waals surface area contributed by atoms with E-state index in [9.17, 15) is 14.0 Å². The molecular formula is C17H11Br2FN2O2. The van der Waals surface area contributed by atoms with Crippen LogP contribution in [0.2, 0.25) is 0 Å². The van der Waals surface area contributed by atoms with Gasteiger partial charge < -0.3 is 10.3 Å². The molecule has 1 heterocycles. The van der Waals surface area contributed by atoms with Crippen molar-refractivity contribution in [2.45, 2.75) is 6.92 Å². The van der Waals surface area contributed by atoms with Crippen LogP contribution in [0, 0.1) is 5.82 Å². The van der Waals surface area contributed by atoms with E-state index in [-0.39, 0.29) is 17.2 Å². The number of anilines is 2. The van der Waals surface area contributed by atoms with Gasteiger partial charge in [-0.3, -0.25) is 9.59 Å². The zero-order valence-corrected chi connectivity index (χ0v) is 15.6. The summed E-state index contributed by atoms with van der Waals surface area (Å²) in [6, 6.07) is 9.28. The molecule has 2 aromatic carbocycles. The van der Waals surface area contributed by atoms with Crippen molar-refractivity contribution in [3.8, 4) is 0 Å². The summed E-state index contributed by atoms with van der Waals surface area (Å²) < 4.78 is 14.6. The lowest BCUT2D eigenvalue weighted by Gasteiger charge is -2.13. The van der Waals surface area contributed by atoms with Gasteiger partial charge in [-0.1, -0.05) is 6.07 Å². The number of ketones is 1. The zero-order chi connectivity index (χ0) is 17.4. The number of benzene rings is 2. The first-order valence-corrected chi connectivity index (χ1v) is 8.54. The third kappa shape index (κ3) is 3.01. The number of pyridine rings is 1. The number of carbonyl (C=O) groups is 1. The molecule has 1 aromatic heterocycles. The zero-order valence-electron chi connectivity index (χ0n) is 12.4. The van der Waals surface area contributed by atoms with E-state index in [0.717, 1.165) is 0 Å². The molecule has 0 atom stereocenters. The molecule has 0 unspecified atom stereocenters. The van der Waals surface area contributed by atoms with Gasteiger partial charge in [0.05, 0.1) is 10.9 Å². The number of halogens is 3. The Morgan fingerprint density at radius 3 is 2.54 bits per heavy atom. The number of nitrogens with one attached hydrogen (secondary N) is 2. The Balaban J connectivity index is 2.30. The lowest BCUT2D eigenvalue weighted by molar-refractivity contribution is 0.101. The first-order chi connectivity index (χ1) is 11.4. The average molecular weight is 454 g/mol. The molecule has 0 saturated heterocycles. The quantitative estimate of drug-likeness (QED) is 0.540. The molecule has 0 aliphatic carbocycles. The van der Waals surface area contributed by atoms with Crippen LogP contribution >= 0.6 is 31.9 Å². The van der Waals surface area contributed by atoms with Crippen molar-refractivity contribution in [3.05, 3.63) is 66.9 Å². The smallest absolute Gasteiger partial charge is 0.203 e. The van der Waals surface area contributed by atoms with E-state index >= 15 is 0 Å². The molecular weight excluding hydrogens is 443 g/mol. The van der Waals surface area contributed by atoms with Gasteiger partial charge in [0.1, 0.15) is 17.2 Å². The lowest BCUT2D eigenvalue weighted by atomic mass is 10.1. The van der Waals surface area contributed by atoms with Crippen molar-refractivity contribution in [3.63, 3.8) is 0 Å². The molecule has 0 aliphatic rings. The van der Waals surface area contributed by atoms with Gasteiger partial charge >= 0.3 is 0 Å². The molecule has 0 radical (unpaired) electrons. The summed E-state index contributed by atoms with van der Waals surface area (Å²) in [6.45, 7) is 1.32. The molecule has 122 valence electrons. The van der Waals surface area contributed by atoms with E-state index in [1.807, 2.05) is 0 Å². The molecule has 3 aromatic rings. The normalized spacial score (nSPS) is 10.8. The fourth-order valence-electron chi connectivity index (χ4n) is 2.46. The van der Waals surface area contributed by atoms with Crippen molar-refractivity contribution in [2.75, 3.05) is 5.32 Å². The lowest BCUT2D eigenvalue weighted by Crippen LogP contribution is -2.18. The highest BCUT2D eigenvalue weighted by atomic mass is 79.9. The fraction of sp³-hybridized carbons (Fsp3) is 0.0588. The monoisotopic (exact) mass is 452 g/mol. The Morgan fingerprint density at radius 2 is 1.88 bits per heavy atom. The van der Waals surface area contributed by atoms with Gasteiger partial charge in [0, 0.05) is 14.6 Å². The third-order valence-corrected chi connectivity index (χ3v) is 4.83. The maximum atomic E-state index is 13.4. The van der Waals surface area contributed by atoms with Crippen LogP contribution in [0.1, 0.15) is 17.3 Å². The Labute approximate surface area is 153 Å². The Kier molecular flexibility index (Phi) is 4.56. The first kappa shape index (κ1) is 16.9. The molecule has 4 nitrogen and oxygen atoms in total. The van der Waals surface area contributed by atoms with E-state index in [1.165, 1.54) is 25.1 Å². The predicted molar refractivity (Wildman–Crippen MR) is 99.7 cm³/mol.